The maximum Gasteiger partial charge on any atom is 0.122 e. The molecular weight excluding hydrogens is 250 g/mol. The molecule has 0 radical (unpaired) electrons. The molecule has 4 nitrogen and oxygen atoms in total. The Kier molecular flexibility index (Phi) is 4.73. The second kappa shape index (κ2) is 5.69. The van der Waals surface area contributed by atoms with E-state index in [4.69, 9.17) is 22.7 Å². The molecule has 1 aromatic carbocycles. The molecule has 18 heavy (non-hydrogen) atoms. The van der Waals surface area contributed by atoms with Crippen molar-refractivity contribution in [1.29, 1.82) is 5.41 Å². The zero-order chi connectivity index (χ0) is 13.9. The molecule has 0 aliphatic heterocycles. The van der Waals surface area contributed by atoms with E-state index in [2.05, 4.69) is 0 Å². The Balaban J connectivity index is 2.89. The fraction of sp³-hybridized carbons (Fsp3) is 0.462. The van der Waals surface area contributed by atoms with Gasteiger partial charge >= 0.3 is 0 Å². The lowest BCUT2D eigenvalue weighted by molar-refractivity contribution is 0.0734. The van der Waals surface area contributed by atoms with Crippen molar-refractivity contribution in [3.05, 3.63) is 34.3 Å². The minimum absolute atomic E-state index is 0.00694. The molecule has 100 valence electrons. The van der Waals surface area contributed by atoms with Crippen LogP contribution in [0.25, 0.3) is 0 Å². The maximum atomic E-state index is 9.31. The Morgan fingerprint density at radius 2 is 2.11 bits per heavy atom. The summed E-state index contributed by atoms with van der Waals surface area (Å²) in [6, 6.07) is 5.34. The van der Waals surface area contributed by atoms with Crippen LogP contribution in [0.5, 0.6) is 0 Å². The Morgan fingerprint density at radius 3 is 2.56 bits per heavy atom. The van der Waals surface area contributed by atoms with E-state index in [0.29, 0.717) is 17.1 Å². The smallest absolute Gasteiger partial charge is 0.122 e. The largest absolute Gasteiger partial charge is 0.394 e. The molecular formula is C13H20ClN3O. The van der Waals surface area contributed by atoms with Gasteiger partial charge in [0.15, 0.2) is 0 Å². The van der Waals surface area contributed by atoms with Crippen LogP contribution in [-0.4, -0.2) is 35.0 Å². The van der Waals surface area contributed by atoms with Crippen LogP contribution in [0.3, 0.4) is 0 Å². The van der Waals surface area contributed by atoms with Crippen LogP contribution >= 0.6 is 11.6 Å². The summed E-state index contributed by atoms with van der Waals surface area (Å²) in [5.74, 6) is 0.00694. The second-order valence-electron chi connectivity index (χ2n) is 5.05. The average Bonchev–Trinajstić information content (AvgIpc) is 2.31. The van der Waals surface area contributed by atoms with Crippen molar-refractivity contribution in [2.24, 2.45) is 5.73 Å². The number of nitrogen functional groups attached to an aromatic ring is 1. The average molecular weight is 270 g/mol. The quantitative estimate of drug-likeness (QED) is 0.564. The van der Waals surface area contributed by atoms with E-state index in [9.17, 15) is 5.11 Å². The SMILES string of the molecule is CN(Cc1ccc(C(=N)N)cc1Cl)C(C)(C)CO. The standard InChI is InChI=1S/C13H20ClN3O/c1-13(2,8-18)17(3)7-10-5-4-9(12(15)16)6-11(10)14/h4-6,18H,7-8H2,1-3H3,(H3,15,16). The second-order valence-corrected chi connectivity index (χ2v) is 5.45. The monoisotopic (exact) mass is 269 g/mol. The first kappa shape index (κ1) is 15.0. The summed E-state index contributed by atoms with van der Waals surface area (Å²) < 4.78 is 0. The van der Waals surface area contributed by atoms with Crippen LogP contribution in [0.1, 0.15) is 25.0 Å². The van der Waals surface area contributed by atoms with Crippen LogP contribution in [0.2, 0.25) is 5.02 Å². The lowest BCUT2D eigenvalue weighted by atomic mass is 10.0. The predicted octanol–water partition coefficient (Wildman–Crippen LogP) is 1.83. The van der Waals surface area contributed by atoms with Gasteiger partial charge in [0.05, 0.1) is 6.61 Å². The highest BCUT2D eigenvalue weighted by atomic mass is 35.5. The van der Waals surface area contributed by atoms with Gasteiger partial charge in [-0.05, 0) is 32.5 Å². The molecule has 0 amide bonds. The van der Waals surface area contributed by atoms with Crippen molar-refractivity contribution in [3.63, 3.8) is 0 Å². The minimum atomic E-state index is -0.303. The number of likely N-dealkylation sites (N-methyl/N-ethyl adjacent to an activating group) is 1. The first-order valence-corrected chi connectivity index (χ1v) is 6.10. The Hall–Kier alpha value is -1.10. The molecule has 0 spiro atoms. The summed E-state index contributed by atoms with van der Waals surface area (Å²) in [5.41, 5.74) is 6.67. The van der Waals surface area contributed by atoms with Gasteiger partial charge in [0.2, 0.25) is 0 Å². The van der Waals surface area contributed by atoms with Crippen LogP contribution < -0.4 is 5.73 Å². The number of benzene rings is 1. The molecule has 0 fully saturated rings. The number of halogens is 1. The van der Waals surface area contributed by atoms with E-state index in [1.165, 1.54) is 0 Å². The highest BCUT2D eigenvalue weighted by Gasteiger charge is 2.22. The Bertz CT molecular complexity index is 446. The number of aliphatic hydroxyl groups is 1. The summed E-state index contributed by atoms with van der Waals surface area (Å²) in [5, 5.41) is 17.2. The van der Waals surface area contributed by atoms with Crippen molar-refractivity contribution in [1.82, 2.24) is 4.90 Å². The summed E-state index contributed by atoms with van der Waals surface area (Å²) in [4.78, 5) is 2.03. The maximum absolute atomic E-state index is 9.31. The number of rotatable bonds is 5. The third-order valence-corrected chi connectivity index (χ3v) is 3.54. The first-order chi connectivity index (χ1) is 8.27. The van der Waals surface area contributed by atoms with E-state index in [1.54, 1.807) is 12.1 Å². The number of nitrogens with zero attached hydrogens (tertiary/aromatic N) is 1. The molecule has 1 aromatic rings. The summed E-state index contributed by atoms with van der Waals surface area (Å²) in [6.07, 6.45) is 0. The first-order valence-electron chi connectivity index (χ1n) is 5.73. The van der Waals surface area contributed by atoms with Crippen LogP contribution in [-0.2, 0) is 6.54 Å². The van der Waals surface area contributed by atoms with Crippen LogP contribution in [0.4, 0.5) is 0 Å². The number of nitrogens with one attached hydrogen (secondary N) is 1. The normalized spacial score (nSPS) is 11.9. The topological polar surface area (TPSA) is 73.3 Å². The Morgan fingerprint density at radius 1 is 1.50 bits per heavy atom. The van der Waals surface area contributed by atoms with Gasteiger partial charge in [0.25, 0.3) is 0 Å². The Labute approximate surface area is 113 Å². The summed E-state index contributed by atoms with van der Waals surface area (Å²) in [7, 11) is 1.94. The summed E-state index contributed by atoms with van der Waals surface area (Å²) >= 11 is 6.17. The van der Waals surface area contributed by atoms with Gasteiger partial charge in [-0.25, -0.2) is 0 Å². The lowest BCUT2D eigenvalue weighted by Gasteiger charge is -2.34. The van der Waals surface area contributed by atoms with Crippen molar-refractivity contribution >= 4 is 17.4 Å². The third-order valence-electron chi connectivity index (χ3n) is 3.19. The number of amidine groups is 1. The number of aliphatic hydroxyl groups excluding tert-OH is 1. The van der Waals surface area contributed by atoms with Gasteiger partial charge in [-0.2, -0.15) is 0 Å². The third kappa shape index (κ3) is 3.45. The molecule has 0 aliphatic carbocycles. The molecule has 0 aromatic heterocycles. The minimum Gasteiger partial charge on any atom is -0.394 e. The molecule has 0 saturated carbocycles. The van der Waals surface area contributed by atoms with Crippen LogP contribution in [0, 0.1) is 5.41 Å². The van der Waals surface area contributed by atoms with Gasteiger partial charge in [-0.1, -0.05) is 23.7 Å². The molecule has 1 rings (SSSR count). The van der Waals surface area contributed by atoms with E-state index in [-0.39, 0.29) is 18.0 Å². The lowest BCUT2D eigenvalue weighted by Crippen LogP contribution is -2.43. The molecule has 0 unspecified atom stereocenters. The fourth-order valence-corrected chi connectivity index (χ4v) is 1.67. The number of nitrogens with two attached hydrogens (primary N) is 1. The van der Waals surface area contributed by atoms with Gasteiger partial charge in [-0.15, -0.1) is 0 Å². The molecule has 0 bridgehead atoms. The van der Waals surface area contributed by atoms with E-state index < -0.39 is 0 Å². The van der Waals surface area contributed by atoms with Crippen molar-refractivity contribution in [2.75, 3.05) is 13.7 Å². The summed E-state index contributed by atoms with van der Waals surface area (Å²) in [6.45, 7) is 4.63. The predicted molar refractivity (Wildman–Crippen MR) is 75.1 cm³/mol. The number of hydrogen-bond donors (Lipinski definition) is 3. The molecule has 4 N–H and O–H groups in total. The molecule has 5 heteroatoms. The highest BCUT2D eigenvalue weighted by Crippen LogP contribution is 2.22. The van der Waals surface area contributed by atoms with Gasteiger partial charge in [0, 0.05) is 22.7 Å². The van der Waals surface area contributed by atoms with Gasteiger partial charge in [-0.3, -0.25) is 10.3 Å². The fourth-order valence-electron chi connectivity index (χ4n) is 1.43. The van der Waals surface area contributed by atoms with E-state index in [0.717, 1.165) is 5.56 Å². The van der Waals surface area contributed by atoms with Gasteiger partial charge < -0.3 is 10.8 Å². The van der Waals surface area contributed by atoms with Crippen molar-refractivity contribution < 1.29 is 5.11 Å². The highest BCUT2D eigenvalue weighted by molar-refractivity contribution is 6.31. The molecule has 0 heterocycles. The zero-order valence-corrected chi connectivity index (χ0v) is 11.8. The van der Waals surface area contributed by atoms with Crippen LogP contribution in [0.15, 0.2) is 18.2 Å². The van der Waals surface area contributed by atoms with E-state index >= 15 is 0 Å². The van der Waals surface area contributed by atoms with Crippen molar-refractivity contribution in [2.45, 2.75) is 25.9 Å². The molecule has 0 saturated heterocycles. The van der Waals surface area contributed by atoms with Gasteiger partial charge in [0.1, 0.15) is 5.84 Å². The zero-order valence-electron chi connectivity index (χ0n) is 11.0. The number of hydrogen-bond acceptors (Lipinski definition) is 3. The van der Waals surface area contributed by atoms with E-state index in [1.807, 2.05) is 31.9 Å². The molecule has 0 atom stereocenters. The molecule has 0 aliphatic rings. The van der Waals surface area contributed by atoms with Crippen molar-refractivity contribution in [3.8, 4) is 0 Å².